The summed E-state index contributed by atoms with van der Waals surface area (Å²) in [6.07, 6.45) is 5.11. The average molecular weight is 308 g/mol. The molecule has 3 nitrogen and oxygen atoms in total. The first-order chi connectivity index (χ1) is 11.0. The number of amides is 1. The third-order valence-electron chi connectivity index (χ3n) is 5.43. The van der Waals surface area contributed by atoms with Gasteiger partial charge in [-0.15, -0.1) is 0 Å². The van der Waals surface area contributed by atoms with Crippen LogP contribution in [-0.4, -0.2) is 10.9 Å². The Morgan fingerprint density at radius 3 is 2.78 bits per heavy atom. The van der Waals surface area contributed by atoms with Gasteiger partial charge in [-0.1, -0.05) is 45.4 Å². The van der Waals surface area contributed by atoms with Gasteiger partial charge in [-0.05, 0) is 47.4 Å². The monoisotopic (exact) mass is 308 g/mol. The number of nitrogens with zero attached hydrogens (tertiary/aromatic N) is 1. The van der Waals surface area contributed by atoms with Crippen molar-refractivity contribution in [2.45, 2.75) is 46.0 Å². The van der Waals surface area contributed by atoms with Crippen LogP contribution >= 0.6 is 0 Å². The molecule has 0 aliphatic heterocycles. The summed E-state index contributed by atoms with van der Waals surface area (Å²) in [6, 6.07) is 9.88. The minimum absolute atomic E-state index is 0.225. The zero-order valence-electron chi connectivity index (χ0n) is 14.1. The second-order valence-corrected chi connectivity index (χ2v) is 7.08. The highest BCUT2D eigenvalue weighted by atomic mass is 16.1. The molecule has 1 amide bonds. The van der Waals surface area contributed by atoms with Gasteiger partial charge in [-0.25, -0.2) is 0 Å². The van der Waals surface area contributed by atoms with Crippen LogP contribution in [0.5, 0.6) is 0 Å². The smallest absolute Gasteiger partial charge is 0.250 e. The number of carbonyl (C=O) groups excluding carboxylic acids is 1. The molecule has 23 heavy (non-hydrogen) atoms. The van der Waals surface area contributed by atoms with E-state index in [1.807, 2.05) is 0 Å². The molecule has 0 radical (unpaired) electrons. The minimum Gasteiger partial charge on any atom is -0.366 e. The summed E-state index contributed by atoms with van der Waals surface area (Å²) in [5.41, 5.74) is 10.8. The molecule has 2 aromatic rings. The summed E-state index contributed by atoms with van der Waals surface area (Å²) in [5.74, 6) is 0.0661. The van der Waals surface area contributed by atoms with Crippen molar-refractivity contribution in [3.63, 3.8) is 0 Å². The molecule has 3 rings (SSSR count). The first-order valence-electron chi connectivity index (χ1n) is 8.32. The maximum atomic E-state index is 11.8. The number of primary amides is 1. The normalized spacial score (nSPS) is 17.1. The number of benzene rings is 1. The number of aryl methyl sites for hydroxylation is 1. The number of hydrogen-bond donors (Lipinski definition) is 1. The fourth-order valence-electron chi connectivity index (χ4n) is 3.74. The summed E-state index contributed by atoms with van der Waals surface area (Å²) >= 11 is 0. The highest BCUT2D eigenvalue weighted by Crippen LogP contribution is 2.50. The third-order valence-corrected chi connectivity index (χ3v) is 5.43. The van der Waals surface area contributed by atoms with Gasteiger partial charge in [0.1, 0.15) is 0 Å². The fourth-order valence-corrected chi connectivity index (χ4v) is 3.74. The Morgan fingerprint density at radius 2 is 2.09 bits per heavy atom. The van der Waals surface area contributed by atoms with Gasteiger partial charge >= 0.3 is 0 Å². The van der Waals surface area contributed by atoms with Crippen LogP contribution in [0.1, 0.15) is 61.0 Å². The number of hydrogen-bond acceptors (Lipinski definition) is 2. The number of nitrogens with two attached hydrogens (primary N) is 1. The first-order valence-corrected chi connectivity index (χ1v) is 8.32. The third kappa shape index (κ3) is 2.65. The van der Waals surface area contributed by atoms with Gasteiger partial charge in [0, 0.05) is 11.8 Å². The molecule has 0 spiro atoms. The van der Waals surface area contributed by atoms with E-state index in [1.54, 1.807) is 18.3 Å². The van der Waals surface area contributed by atoms with Crippen LogP contribution < -0.4 is 5.73 Å². The number of carbonyl (C=O) groups is 1. The van der Waals surface area contributed by atoms with Crippen LogP contribution in [-0.2, 0) is 6.42 Å². The second-order valence-electron chi connectivity index (χ2n) is 7.08. The first kappa shape index (κ1) is 15.7. The molecule has 0 saturated heterocycles. The van der Waals surface area contributed by atoms with Gasteiger partial charge < -0.3 is 5.73 Å². The van der Waals surface area contributed by atoms with E-state index in [9.17, 15) is 4.79 Å². The van der Waals surface area contributed by atoms with Crippen molar-refractivity contribution >= 4 is 5.91 Å². The quantitative estimate of drug-likeness (QED) is 0.914. The van der Waals surface area contributed by atoms with Crippen LogP contribution in [0.2, 0.25) is 0 Å². The van der Waals surface area contributed by atoms with Crippen LogP contribution in [0, 0.1) is 5.41 Å². The topological polar surface area (TPSA) is 56.0 Å². The van der Waals surface area contributed by atoms with Crippen molar-refractivity contribution < 1.29 is 4.79 Å². The second kappa shape index (κ2) is 5.80. The highest BCUT2D eigenvalue weighted by Gasteiger charge is 2.36. The molecular formula is C20H24N2O. The van der Waals surface area contributed by atoms with E-state index in [1.165, 1.54) is 11.1 Å². The fraction of sp³-hybridized carbons (Fsp3) is 0.400. The highest BCUT2D eigenvalue weighted by molar-refractivity contribution is 5.99. The lowest BCUT2D eigenvalue weighted by Gasteiger charge is -2.32. The molecule has 0 saturated carbocycles. The molecular weight excluding hydrogens is 284 g/mol. The maximum absolute atomic E-state index is 11.8. The molecule has 1 atom stereocenters. The van der Waals surface area contributed by atoms with E-state index >= 15 is 0 Å². The Kier molecular flexibility index (Phi) is 3.97. The number of rotatable bonds is 4. The van der Waals surface area contributed by atoms with Crippen molar-refractivity contribution in [2.24, 2.45) is 11.1 Å². The zero-order chi connectivity index (χ0) is 16.6. The lowest BCUT2D eigenvalue weighted by Crippen LogP contribution is -2.20. The largest absolute Gasteiger partial charge is 0.366 e. The molecule has 1 aromatic heterocycles. The molecule has 2 N–H and O–H groups in total. The van der Waals surface area contributed by atoms with Gasteiger partial charge in [0.2, 0.25) is 0 Å². The molecule has 1 aliphatic carbocycles. The Labute approximate surface area is 137 Å². The van der Waals surface area contributed by atoms with Gasteiger partial charge in [-0.3, -0.25) is 9.78 Å². The minimum atomic E-state index is -0.421. The Morgan fingerprint density at radius 1 is 1.30 bits per heavy atom. The van der Waals surface area contributed by atoms with Gasteiger partial charge in [0.25, 0.3) is 5.91 Å². The lowest BCUT2D eigenvalue weighted by atomic mass is 9.72. The van der Waals surface area contributed by atoms with Crippen LogP contribution in [0.3, 0.4) is 0 Å². The van der Waals surface area contributed by atoms with E-state index in [0.29, 0.717) is 11.5 Å². The summed E-state index contributed by atoms with van der Waals surface area (Å²) in [4.78, 5) is 16.3. The van der Waals surface area contributed by atoms with Crippen molar-refractivity contribution in [3.05, 3.63) is 53.2 Å². The van der Waals surface area contributed by atoms with Crippen LogP contribution in [0.15, 0.2) is 36.5 Å². The zero-order valence-corrected chi connectivity index (χ0v) is 14.1. The molecule has 1 aromatic carbocycles. The van der Waals surface area contributed by atoms with E-state index in [2.05, 4.69) is 44.0 Å². The van der Waals surface area contributed by atoms with Crippen LogP contribution in [0.25, 0.3) is 11.3 Å². The molecule has 3 heteroatoms. The number of fused-ring (bicyclic) bond motifs is 1. The standard InChI is InChI=1S/C20H24N2O/c1-4-20(2,3)16-11-10-13-7-5-8-14(17(13)16)18-15(19(21)23)9-6-12-22-18/h5-9,12,16H,4,10-11H2,1-3H3,(H2,21,23). The molecule has 1 heterocycles. The number of pyridine rings is 1. The molecule has 0 fully saturated rings. The van der Waals surface area contributed by atoms with Crippen molar-refractivity contribution in [1.82, 2.24) is 4.98 Å². The van der Waals surface area contributed by atoms with E-state index in [4.69, 9.17) is 5.73 Å². The predicted molar refractivity (Wildman–Crippen MR) is 93.3 cm³/mol. The average Bonchev–Trinajstić information content (AvgIpc) is 2.99. The lowest BCUT2D eigenvalue weighted by molar-refractivity contribution is 0.100. The Bertz CT molecular complexity index is 749. The molecule has 1 aliphatic rings. The van der Waals surface area contributed by atoms with E-state index < -0.39 is 5.91 Å². The van der Waals surface area contributed by atoms with Crippen LogP contribution in [0.4, 0.5) is 0 Å². The Hall–Kier alpha value is -2.16. The molecule has 1 unspecified atom stereocenters. The van der Waals surface area contributed by atoms with Gasteiger partial charge in [0.05, 0.1) is 11.3 Å². The van der Waals surface area contributed by atoms with Gasteiger partial charge in [-0.2, -0.15) is 0 Å². The summed E-state index contributed by atoms with van der Waals surface area (Å²) in [5, 5.41) is 0. The summed E-state index contributed by atoms with van der Waals surface area (Å²) < 4.78 is 0. The maximum Gasteiger partial charge on any atom is 0.250 e. The van der Waals surface area contributed by atoms with Gasteiger partial charge in [0.15, 0.2) is 0 Å². The molecule has 120 valence electrons. The number of aromatic nitrogens is 1. The summed E-state index contributed by atoms with van der Waals surface area (Å²) in [6.45, 7) is 6.91. The van der Waals surface area contributed by atoms with Crippen molar-refractivity contribution in [1.29, 1.82) is 0 Å². The summed E-state index contributed by atoms with van der Waals surface area (Å²) in [7, 11) is 0. The molecule has 0 bridgehead atoms. The predicted octanol–water partition coefficient (Wildman–Crippen LogP) is 4.31. The van der Waals surface area contributed by atoms with Crippen molar-refractivity contribution in [3.8, 4) is 11.3 Å². The Balaban J connectivity index is 2.21. The van der Waals surface area contributed by atoms with E-state index in [-0.39, 0.29) is 5.41 Å². The van der Waals surface area contributed by atoms with E-state index in [0.717, 1.165) is 30.5 Å². The van der Waals surface area contributed by atoms with Crippen molar-refractivity contribution in [2.75, 3.05) is 0 Å². The SMILES string of the molecule is CCC(C)(C)C1CCc2cccc(-c3ncccc3C(N)=O)c21.